The molecular formula is C21H22ClN3O4. The smallest absolute Gasteiger partial charge is 0.342 e. The highest BCUT2D eigenvalue weighted by molar-refractivity contribution is 6.33. The van der Waals surface area contributed by atoms with Crippen LogP contribution in [-0.4, -0.2) is 32.1 Å². The van der Waals surface area contributed by atoms with Crippen LogP contribution in [0.3, 0.4) is 0 Å². The first-order chi connectivity index (χ1) is 13.8. The van der Waals surface area contributed by atoms with E-state index < -0.39 is 18.5 Å². The van der Waals surface area contributed by atoms with Crippen molar-refractivity contribution in [2.75, 3.05) is 30.9 Å². The van der Waals surface area contributed by atoms with Crippen molar-refractivity contribution in [2.24, 2.45) is 0 Å². The number of hydrogen-bond donors (Lipinski definition) is 1. The minimum atomic E-state index is -0.766. The van der Waals surface area contributed by atoms with Crippen molar-refractivity contribution < 1.29 is 19.1 Å². The van der Waals surface area contributed by atoms with Crippen LogP contribution in [0, 0.1) is 25.2 Å². The highest BCUT2D eigenvalue weighted by atomic mass is 35.5. The number of methoxy groups -OCH3 is 1. The van der Waals surface area contributed by atoms with Gasteiger partial charge in [-0.05, 0) is 43.2 Å². The number of benzene rings is 2. The predicted molar refractivity (Wildman–Crippen MR) is 111 cm³/mol. The second-order valence-electron chi connectivity index (χ2n) is 6.45. The predicted octanol–water partition coefficient (Wildman–Crippen LogP) is 3.65. The molecule has 0 aliphatic rings. The fourth-order valence-corrected chi connectivity index (χ4v) is 3.01. The van der Waals surface area contributed by atoms with Gasteiger partial charge in [-0.25, -0.2) is 4.79 Å². The number of carbonyl (C=O) groups excluding carboxylic acids is 2. The molecule has 1 amide bonds. The lowest BCUT2D eigenvalue weighted by molar-refractivity contribution is -0.121. The number of rotatable bonds is 7. The number of nitrogens with two attached hydrogens (primary N) is 1. The van der Waals surface area contributed by atoms with Crippen molar-refractivity contribution in [2.45, 2.75) is 20.3 Å². The van der Waals surface area contributed by atoms with E-state index in [0.717, 1.165) is 11.1 Å². The zero-order valence-electron chi connectivity index (χ0n) is 16.5. The fourth-order valence-electron chi connectivity index (χ4n) is 2.85. The van der Waals surface area contributed by atoms with Gasteiger partial charge in [0.1, 0.15) is 11.3 Å². The Kier molecular flexibility index (Phi) is 7.46. The quantitative estimate of drug-likeness (QED) is 0.546. The number of aryl methyl sites for hydroxylation is 2. The Morgan fingerprint density at radius 1 is 1.17 bits per heavy atom. The molecule has 0 unspecified atom stereocenters. The van der Waals surface area contributed by atoms with E-state index in [4.69, 9.17) is 32.1 Å². The Balaban J connectivity index is 2.19. The first-order valence-corrected chi connectivity index (χ1v) is 9.20. The summed E-state index contributed by atoms with van der Waals surface area (Å²) in [6, 6.07) is 10.4. The first-order valence-electron chi connectivity index (χ1n) is 8.82. The van der Waals surface area contributed by atoms with Gasteiger partial charge in [0.15, 0.2) is 6.61 Å². The molecule has 0 saturated carbocycles. The van der Waals surface area contributed by atoms with E-state index in [-0.39, 0.29) is 35.0 Å². The number of nitrogens with zero attached hydrogens (tertiary/aromatic N) is 2. The van der Waals surface area contributed by atoms with Gasteiger partial charge in [0, 0.05) is 18.3 Å². The number of ether oxygens (including phenoxy) is 2. The molecule has 0 spiro atoms. The molecule has 0 aliphatic heterocycles. The van der Waals surface area contributed by atoms with Crippen LogP contribution in [0.5, 0.6) is 5.75 Å². The molecule has 0 bridgehead atoms. The number of anilines is 2. The lowest BCUT2D eigenvalue weighted by Gasteiger charge is -2.22. The van der Waals surface area contributed by atoms with Crippen LogP contribution in [0.25, 0.3) is 0 Å². The van der Waals surface area contributed by atoms with Gasteiger partial charge < -0.3 is 20.1 Å². The molecule has 29 heavy (non-hydrogen) atoms. The maximum atomic E-state index is 12.7. The Hall–Kier alpha value is -3.24. The molecule has 2 aromatic rings. The zero-order chi connectivity index (χ0) is 21.6. The molecule has 2 aromatic carbocycles. The van der Waals surface area contributed by atoms with E-state index in [1.54, 1.807) is 0 Å². The summed E-state index contributed by atoms with van der Waals surface area (Å²) in [5.74, 6) is -1.02. The van der Waals surface area contributed by atoms with E-state index in [9.17, 15) is 9.59 Å². The average Bonchev–Trinajstić information content (AvgIpc) is 2.67. The summed E-state index contributed by atoms with van der Waals surface area (Å²) in [6.07, 6.45) is 0.147. The van der Waals surface area contributed by atoms with E-state index in [1.165, 1.54) is 24.1 Å². The van der Waals surface area contributed by atoms with Crippen LogP contribution in [0.2, 0.25) is 5.02 Å². The highest BCUT2D eigenvalue weighted by Crippen LogP contribution is 2.29. The van der Waals surface area contributed by atoms with Crippen LogP contribution in [0.15, 0.2) is 30.3 Å². The average molecular weight is 416 g/mol. The largest absolute Gasteiger partial charge is 0.496 e. The van der Waals surface area contributed by atoms with Gasteiger partial charge in [0.05, 0.1) is 30.3 Å². The van der Waals surface area contributed by atoms with Crippen LogP contribution in [0.4, 0.5) is 11.4 Å². The van der Waals surface area contributed by atoms with Gasteiger partial charge in [-0.2, -0.15) is 5.26 Å². The fraction of sp³-hybridized carbons (Fsp3) is 0.286. The van der Waals surface area contributed by atoms with E-state index in [1.807, 2.05) is 38.1 Å². The number of amides is 1. The van der Waals surface area contributed by atoms with Gasteiger partial charge in [-0.1, -0.05) is 17.7 Å². The standard InChI is InChI=1S/C21H22ClN3O4/c1-13-7-14(2)9-15(8-13)25(6-4-5-23)20(26)12-29-21(27)16-10-17(22)18(24)11-19(16)28-3/h7-11H,4,6,12,24H2,1-3H3. The van der Waals surface area contributed by atoms with Gasteiger partial charge >= 0.3 is 5.97 Å². The number of hydrogen-bond acceptors (Lipinski definition) is 6. The summed E-state index contributed by atoms with van der Waals surface area (Å²) in [5, 5.41) is 9.09. The maximum absolute atomic E-state index is 12.7. The van der Waals surface area contributed by atoms with Gasteiger partial charge in [0.2, 0.25) is 0 Å². The molecule has 0 atom stereocenters. The molecule has 7 nitrogen and oxygen atoms in total. The summed E-state index contributed by atoms with van der Waals surface area (Å²) in [7, 11) is 1.38. The minimum Gasteiger partial charge on any atom is -0.496 e. The van der Waals surface area contributed by atoms with E-state index >= 15 is 0 Å². The molecule has 0 aromatic heterocycles. The molecule has 0 aliphatic carbocycles. The van der Waals surface area contributed by atoms with Crippen molar-refractivity contribution in [3.63, 3.8) is 0 Å². The van der Waals surface area contributed by atoms with Crippen LogP contribution < -0.4 is 15.4 Å². The van der Waals surface area contributed by atoms with E-state index in [2.05, 4.69) is 0 Å². The van der Waals surface area contributed by atoms with Crippen molar-refractivity contribution in [1.29, 1.82) is 5.26 Å². The second-order valence-corrected chi connectivity index (χ2v) is 6.86. The van der Waals surface area contributed by atoms with Gasteiger partial charge in [-0.3, -0.25) is 4.79 Å². The van der Waals surface area contributed by atoms with Crippen molar-refractivity contribution >= 4 is 34.9 Å². The normalized spacial score (nSPS) is 10.2. The molecule has 0 radical (unpaired) electrons. The third-order valence-corrected chi connectivity index (χ3v) is 4.46. The highest BCUT2D eigenvalue weighted by Gasteiger charge is 2.21. The van der Waals surface area contributed by atoms with Crippen molar-refractivity contribution in [3.8, 4) is 11.8 Å². The van der Waals surface area contributed by atoms with Gasteiger partial charge in [-0.15, -0.1) is 0 Å². The lowest BCUT2D eigenvalue weighted by atomic mass is 10.1. The summed E-state index contributed by atoms with van der Waals surface area (Å²) < 4.78 is 10.3. The number of nitrogen functional groups attached to an aromatic ring is 1. The lowest BCUT2D eigenvalue weighted by Crippen LogP contribution is -2.35. The SMILES string of the molecule is COc1cc(N)c(Cl)cc1C(=O)OCC(=O)N(CCC#N)c1cc(C)cc(C)c1. The summed E-state index contributed by atoms with van der Waals surface area (Å²) >= 11 is 5.97. The van der Waals surface area contributed by atoms with Crippen molar-refractivity contribution in [1.82, 2.24) is 0 Å². The summed E-state index contributed by atoms with van der Waals surface area (Å²) in [6.45, 7) is 3.52. The third kappa shape index (κ3) is 5.62. The molecule has 0 heterocycles. The molecule has 152 valence electrons. The van der Waals surface area contributed by atoms with Crippen LogP contribution in [-0.2, 0) is 9.53 Å². The molecule has 2 N–H and O–H groups in total. The number of carbonyl (C=O) groups is 2. The topological polar surface area (TPSA) is 106 Å². The summed E-state index contributed by atoms with van der Waals surface area (Å²) in [5.41, 5.74) is 8.64. The molecular weight excluding hydrogens is 394 g/mol. The second kappa shape index (κ2) is 9.80. The molecule has 0 saturated heterocycles. The first kappa shape index (κ1) is 22.1. The Morgan fingerprint density at radius 2 is 1.83 bits per heavy atom. The van der Waals surface area contributed by atoms with Crippen molar-refractivity contribution in [3.05, 3.63) is 52.0 Å². The Labute approximate surface area is 174 Å². The van der Waals surface area contributed by atoms with Crippen LogP contribution in [0.1, 0.15) is 27.9 Å². The number of halogens is 1. The summed E-state index contributed by atoms with van der Waals surface area (Å²) in [4.78, 5) is 26.6. The van der Waals surface area contributed by atoms with Gasteiger partial charge in [0.25, 0.3) is 5.91 Å². The third-order valence-electron chi connectivity index (χ3n) is 4.13. The van der Waals surface area contributed by atoms with Crippen LogP contribution >= 0.6 is 11.6 Å². The monoisotopic (exact) mass is 415 g/mol. The Morgan fingerprint density at radius 3 is 2.41 bits per heavy atom. The number of esters is 1. The molecule has 8 heteroatoms. The number of nitriles is 1. The maximum Gasteiger partial charge on any atom is 0.342 e. The minimum absolute atomic E-state index is 0.0643. The van der Waals surface area contributed by atoms with E-state index in [0.29, 0.717) is 5.69 Å². The zero-order valence-corrected chi connectivity index (χ0v) is 17.2. The molecule has 2 rings (SSSR count). The molecule has 0 fully saturated rings. The Bertz CT molecular complexity index is 949.